The SMILES string of the molecule is CNc1nc(C2CSc3ccccc3O2)ncc1Br. The number of anilines is 1. The van der Waals surface area contributed by atoms with Crippen LogP contribution in [0.4, 0.5) is 5.82 Å². The van der Waals surface area contributed by atoms with Crippen molar-refractivity contribution < 1.29 is 4.74 Å². The van der Waals surface area contributed by atoms with E-state index in [0.29, 0.717) is 5.82 Å². The van der Waals surface area contributed by atoms with E-state index in [9.17, 15) is 0 Å². The molecule has 1 unspecified atom stereocenters. The number of rotatable bonds is 2. The highest BCUT2D eigenvalue weighted by Gasteiger charge is 2.24. The zero-order valence-corrected chi connectivity index (χ0v) is 12.7. The second-order valence-corrected chi connectivity index (χ2v) is 5.96. The maximum absolute atomic E-state index is 5.97. The van der Waals surface area contributed by atoms with Crippen LogP contribution >= 0.6 is 27.7 Å². The van der Waals surface area contributed by atoms with E-state index in [2.05, 4.69) is 37.3 Å². The smallest absolute Gasteiger partial charge is 0.172 e. The molecule has 19 heavy (non-hydrogen) atoms. The standard InChI is InChI=1S/C13H12BrN3OS/c1-15-12-8(14)6-16-13(17-12)10-7-19-11-5-3-2-4-9(11)18-10/h2-6,10H,7H2,1H3,(H,15,16,17). The molecular weight excluding hydrogens is 326 g/mol. The Kier molecular flexibility index (Phi) is 3.61. The van der Waals surface area contributed by atoms with Crippen molar-refractivity contribution in [1.29, 1.82) is 0 Å². The Morgan fingerprint density at radius 1 is 1.42 bits per heavy atom. The molecule has 0 saturated carbocycles. The molecule has 0 bridgehead atoms. The summed E-state index contributed by atoms with van der Waals surface area (Å²) in [6.45, 7) is 0. The third kappa shape index (κ3) is 2.55. The fourth-order valence-electron chi connectivity index (χ4n) is 1.86. The van der Waals surface area contributed by atoms with Gasteiger partial charge >= 0.3 is 0 Å². The third-order valence-electron chi connectivity index (χ3n) is 2.80. The van der Waals surface area contributed by atoms with Gasteiger partial charge in [0.15, 0.2) is 11.9 Å². The average Bonchev–Trinajstić information content (AvgIpc) is 2.47. The second kappa shape index (κ2) is 5.38. The Balaban J connectivity index is 1.89. The van der Waals surface area contributed by atoms with Crippen LogP contribution < -0.4 is 10.1 Å². The van der Waals surface area contributed by atoms with E-state index in [1.165, 1.54) is 4.90 Å². The van der Waals surface area contributed by atoms with E-state index in [1.807, 2.05) is 25.2 Å². The molecule has 98 valence electrons. The molecule has 0 saturated heterocycles. The summed E-state index contributed by atoms with van der Waals surface area (Å²) < 4.78 is 6.82. The Morgan fingerprint density at radius 3 is 3.11 bits per heavy atom. The number of halogens is 1. The molecule has 4 nitrogen and oxygen atoms in total. The molecule has 1 aliphatic rings. The van der Waals surface area contributed by atoms with Crippen molar-refractivity contribution in [2.24, 2.45) is 0 Å². The average molecular weight is 338 g/mol. The first-order valence-electron chi connectivity index (χ1n) is 5.86. The molecule has 0 radical (unpaired) electrons. The molecule has 1 aromatic heterocycles. The Hall–Kier alpha value is -1.27. The fourth-order valence-corrected chi connectivity index (χ4v) is 3.23. The van der Waals surface area contributed by atoms with Gasteiger partial charge in [0.05, 0.1) is 4.47 Å². The molecule has 1 N–H and O–H groups in total. The minimum Gasteiger partial charge on any atom is -0.480 e. The van der Waals surface area contributed by atoms with Gasteiger partial charge < -0.3 is 10.1 Å². The Labute approximate surface area is 124 Å². The minimum atomic E-state index is -0.111. The predicted molar refractivity (Wildman–Crippen MR) is 79.8 cm³/mol. The highest BCUT2D eigenvalue weighted by Crippen LogP contribution is 2.39. The van der Waals surface area contributed by atoms with Crippen LogP contribution in [-0.4, -0.2) is 22.8 Å². The first-order valence-corrected chi connectivity index (χ1v) is 7.64. The van der Waals surface area contributed by atoms with Crippen LogP contribution in [0.15, 0.2) is 39.8 Å². The van der Waals surface area contributed by atoms with Gasteiger partial charge in [-0.3, -0.25) is 0 Å². The molecule has 1 aliphatic heterocycles. The largest absolute Gasteiger partial charge is 0.480 e. The van der Waals surface area contributed by atoms with E-state index >= 15 is 0 Å². The number of aromatic nitrogens is 2. The number of ether oxygens (including phenoxy) is 1. The van der Waals surface area contributed by atoms with Crippen molar-refractivity contribution in [3.63, 3.8) is 0 Å². The number of benzene rings is 1. The zero-order chi connectivity index (χ0) is 13.2. The lowest BCUT2D eigenvalue weighted by Gasteiger charge is -2.24. The molecule has 1 atom stereocenters. The Morgan fingerprint density at radius 2 is 2.26 bits per heavy atom. The summed E-state index contributed by atoms with van der Waals surface area (Å²) in [7, 11) is 1.84. The van der Waals surface area contributed by atoms with Crippen LogP contribution in [-0.2, 0) is 0 Å². The molecular formula is C13H12BrN3OS. The van der Waals surface area contributed by atoms with E-state index in [0.717, 1.165) is 21.8 Å². The summed E-state index contributed by atoms with van der Waals surface area (Å²) >= 11 is 5.18. The number of nitrogens with zero attached hydrogens (tertiary/aromatic N) is 2. The normalized spacial score (nSPS) is 17.5. The van der Waals surface area contributed by atoms with Crippen LogP contribution in [0.1, 0.15) is 11.9 Å². The summed E-state index contributed by atoms with van der Waals surface area (Å²) in [6, 6.07) is 8.04. The van der Waals surface area contributed by atoms with Gasteiger partial charge in [-0.2, -0.15) is 0 Å². The van der Waals surface area contributed by atoms with Crippen molar-refractivity contribution in [2.75, 3.05) is 18.1 Å². The maximum Gasteiger partial charge on any atom is 0.172 e. The molecule has 2 heterocycles. The van der Waals surface area contributed by atoms with Gasteiger partial charge in [0.1, 0.15) is 11.6 Å². The lowest BCUT2D eigenvalue weighted by atomic mass is 10.3. The van der Waals surface area contributed by atoms with Gasteiger partial charge in [0.25, 0.3) is 0 Å². The van der Waals surface area contributed by atoms with E-state index in [4.69, 9.17) is 4.74 Å². The molecule has 0 fully saturated rings. The van der Waals surface area contributed by atoms with Gasteiger partial charge in [-0.25, -0.2) is 9.97 Å². The number of para-hydroxylation sites is 1. The topological polar surface area (TPSA) is 47.0 Å². The molecule has 2 aromatic rings. The van der Waals surface area contributed by atoms with Crippen molar-refractivity contribution in [2.45, 2.75) is 11.0 Å². The van der Waals surface area contributed by atoms with Gasteiger partial charge in [0.2, 0.25) is 0 Å². The lowest BCUT2D eigenvalue weighted by molar-refractivity contribution is 0.210. The molecule has 0 spiro atoms. The van der Waals surface area contributed by atoms with Crippen LogP contribution in [0.25, 0.3) is 0 Å². The number of thioether (sulfide) groups is 1. The first kappa shape index (κ1) is 12.7. The Bertz CT molecular complexity index is 608. The van der Waals surface area contributed by atoms with Gasteiger partial charge in [-0.1, -0.05) is 12.1 Å². The molecule has 0 aliphatic carbocycles. The summed E-state index contributed by atoms with van der Waals surface area (Å²) in [5, 5.41) is 3.03. The van der Waals surface area contributed by atoms with Crippen molar-refractivity contribution in [1.82, 2.24) is 9.97 Å². The third-order valence-corrected chi connectivity index (χ3v) is 4.49. The predicted octanol–water partition coefficient (Wildman–Crippen LogP) is 3.51. The first-order chi connectivity index (χ1) is 9.28. The summed E-state index contributed by atoms with van der Waals surface area (Å²) in [5.41, 5.74) is 0. The second-order valence-electron chi connectivity index (χ2n) is 4.04. The molecule has 6 heteroatoms. The number of fused-ring (bicyclic) bond motifs is 1. The van der Waals surface area contributed by atoms with E-state index in [1.54, 1.807) is 18.0 Å². The number of nitrogens with one attached hydrogen (secondary N) is 1. The van der Waals surface area contributed by atoms with Gasteiger partial charge in [-0.15, -0.1) is 11.8 Å². The van der Waals surface area contributed by atoms with Crippen LogP contribution in [0, 0.1) is 0 Å². The van der Waals surface area contributed by atoms with Crippen LogP contribution in [0.3, 0.4) is 0 Å². The van der Waals surface area contributed by atoms with Crippen LogP contribution in [0.5, 0.6) is 5.75 Å². The quantitative estimate of drug-likeness (QED) is 0.908. The zero-order valence-electron chi connectivity index (χ0n) is 10.3. The van der Waals surface area contributed by atoms with E-state index in [-0.39, 0.29) is 6.10 Å². The highest BCUT2D eigenvalue weighted by atomic mass is 79.9. The minimum absolute atomic E-state index is 0.111. The summed E-state index contributed by atoms with van der Waals surface area (Å²) in [6.07, 6.45) is 1.64. The fraction of sp³-hybridized carbons (Fsp3) is 0.231. The van der Waals surface area contributed by atoms with Crippen molar-refractivity contribution in [3.8, 4) is 5.75 Å². The monoisotopic (exact) mass is 337 g/mol. The molecule has 3 rings (SSSR count). The van der Waals surface area contributed by atoms with Crippen molar-refractivity contribution >= 4 is 33.5 Å². The van der Waals surface area contributed by atoms with Crippen LogP contribution in [0.2, 0.25) is 0 Å². The molecule has 0 amide bonds. The summed E-state index contributed by atoms with van der Waals surface area (Å²) in [4.78, 5) is 10.00. The highest BCUT2D eigenvalue weighted by molar-refractivity contribution is 9.10. The van der Waals surface area contributed by atoms with Crippen molar-refractivity contribution in [3.05, 3.63) is 40.8 Å². The number of hydrogen-bond acceptors (Lipinski definition) is 5. The van der Waals surface area contributed by atoms with E-state index < -0.39 is 0 Å². The maximum atomic E-state index is 5.97. The van der Waals surface area contributed by atoms with Gasteiger partial charge in [0, 0.05) is 23.9 Å². The summed E-state index contributed by atoms with van der Waals surface area (Å²) in [5.74, 6) is 3.20. The molecule has 1 aromatic carbocycles. The lowest BCUT2D eigenvalue weighted by Crippen LogP contribution is -2.18. The van der Waals surface area contributed by atoms with Gasteiger partial charge in [-0.05, 0) is 28.1 Å². The number of hydrogen-bond donors (Lipinski definition) is 1.